The number of likely N-dealkylation sites (N-methyl/N-ethyl adjacent to an activating group) is 1. The van der Waals surface area contributed by atoms with Gasteiger partial charge >= 0.3 is 0 Å². The van der Waals surface area contributed by atoms with Gasteiger partial charge in [0.2, 0.25) is 0 Å². The summed E-state index contributed by atoms with van der Waals surface area (Å²) in [4.78, 5) is 6.55. The third kappa shape index (κ3) is 1.51. The number of rotatable bonds is 2. The van der Waals surface area contributed by atoms with Crippen molar-refractivity contribution in [3.63, 3.8) is 0 Å². The molecule has 0 saturated heterocycles. The molecule has 0 aliphatic carbocycles. The van der Waals surface area contributed by atoms with Gasteiger partial charge in [0.1, 0.15) is 5.84 Å². The zero-order valence-corrected chi connectivity index (χ0v) is 8.27. The molecule has 1 N–H and O–H groups in total. The predicted octanol–water partition coefficient (Wildman–Crippen LogP) is 0.871. The van der Waals surface area contributed by atoms with Crippen LogP contribution >= 0.6 is 0 Å². The van der Waals surface area contributed by atoms with Gasteiger partial charge in [0.25, 0.3) is 0 Å². The van der Waals surface area contributed by atoms with Crippen molar-refractivity contribution < 1.29 is 5.11 Å². The van der Waals surface area contributed by atoms with Gasteiger partial charge in [0.15, 0.2) is 0 Å². The third-order valence-corrected chi connectivity index (χ3v) is 2.49. The Morgan fingerprint density at radius 1 is 1.43 bits per heavy atom. The Bertz CT molecular complexity index is 360. The van der Waals surface area contributed by atoms with Gasteiger partial charge in [0.05, 0.1) is 13.2 Å². The molecule has 0 amide bonds. The highest BCUT2D eigenvalue weighted by Crippen LogP contribution is 2.14. The first-order valence-corrected chi connectivity index (χ1v) is 4.77. The lowest BCUT2D eigenvalue weighted by Crippen LogP contribution is -2.24. The Balaban J connectivity index is 2.40. The second-order valence-corrected chi connectivity index (χ2v) is 3.44. The monoisotopic (exact) mass is 190 g/mol. The summed E-state index contributed by atoms with van der Waals surface area (Å²) in [5, 5.41) is 9.19. The van der Waals surface area contributed by atoms with Gasteiger partial charge in [-0.1, -0.05) is 24.3 Å². The fourth-order valence-electron chi connectivity index (χ4n) is 1.70. The number of nitrogens with zero attached hydrogens (tertiary/aromatic N) is 2. The van der Waals surface area contributed by atoms with Crippen LogP contribution < -0.4 is 0 Å². The normalized spacial score (nSPS) is 15.9. The van der Waals surface area contributed by atoms with E-state index in [1.165, 1.54) is 0 Å². The first-order valence-electron chi connectivity index (χ1n) is 4.77. The van der Waals surface area contributed by atoms with Gasteiger partial charge in [-0.3, -0.25) is 4.99 Å². The van der Waals surface area contributed by atoms with Crippen molar-refractivity contribution in [2.75, 3.05) is 20.1 Å². The van der Waals surface area contributed by atoms with E-state index in [0.29, 0.717) is 0 Å². The Morgan fingerprint density at radius 2 is 2.21 bits per heavy atom. The van der Waals surface area contributed by atoms with E-state index in [9.17, 15) is 5.11 Å². The second-order valence-electron chi connectivity index (χ2n) is 3.44. The maximum Gasteiger partial charge on any atom is 0.131 e. The van der Waals surface area contributed by atoms with E-state index in [4.69, 9.17) is 0 Å². The van der Waals surface area contributed by atoms with Crippen molar-refractivity contribution in [2.45, 2.75) is 6.61 Å². The molecule has 74 valence electrons. The lowest BCUT2D eigenvalue weighted by molar-refractivity contribution is 0.281. The smallest absolute Gasteiger partial charge is 0.131 e. The molecule has 1 aliphatic heterocycles. The summed E-state index contributed by atoms with van der Waals surface area (Å²) in [6.07, 6.45) is 0. The number of hydrogen-bond acceptors (Lipinski definition) is 3. The molecule has 0 radical (unpaired) electrons. The first kappa shape index (κ1) is 9.21. The minimum atomic E-state index is 0.0725. The van der Waals surface area contributed by atoms with Crippen LogP contribution in [0.3, 0.4) is 0 Å². The molecular formula is C11H14N2O. The molecule has 3 nitrogen and oxygen atoms in total. The highest BCUT2D eigenvalue weighted by molar-refractivity contribution is 6.00. The van der Waals surface area contributed by atoms with Crippen molar-refractivity contribution in [2.24, 2.45) is 4.99 Å². The van der Waals surface area contributed by atoms with Crippen molar-refractivity contribution in [1.82, 2.24) is 4.90 Å². The summed E-state index contributed by atoms with van der Waals surface area (Å²) in [5.74, 6) is 0.995. The Morgan fingerprint density at radius 3 is 2.86 bits per heavy atom. The molecule has 14 heavy (non-hydrogen) atoms. The van der Waals surface area contributed by atoms with Crippen LogP contribution in [0.1, 0.15) is 11.1 Å². The molecule has 0 unspecified atom stereocenters. The molecule has 1 heterocycles. The maximum absolute atomic E-state index is 9.19. The summed E-state index contributed by atoms with van der Waals surface area (Å²) in [7, 11) is 2.03. The van der Waals surface area contributed by atoms with Crippen LogP contribution in [0.4, 0.5) is 0 Å². The van der Waals surface area contributed by atoms with Crippen LogP contribution in [0.2, 0.25) is 0 Å². The van der Waals surface area contributed by atoms with Gasteiger partial charge in [-0.15, -0.1) is 0 Å². The van der Waals surface area contributed by atoms with Crippen molar-refractivity contribution in [3.05, 3.63) is 35.4 Å². The quantitative estimate of drug-likeness (QED) is 0.751. The average Bonchev–Trinajstić information content (AvgIpc) is 2.64. The number of amidine groups is 1. The van der Waals surface area contributed by atoms with Crippen molar-refractivity contribution in [3.8, 4) is 0 Å². The van der Waals surface area contributed by atoms with E-state index < -0.39 is 0 Å². The minimum Gasteiger partial charge on any atom is -0.392 e. The van der Waals surface area contributed by atoms with Crippen LogP contribution in [0.25, 0.3) is 0 Å². The number of hydrogen-bond donors (Lipinski definition) is 1. The van der Waals surface area contributed by atoms with Crippen LogP contribution in [-0.2, 0) is 6.61 Å². The van der Waals surface area contributed by atoms with Gasteiger partial charge < -0.3 is 10.0 Å². The van der Waals surface area contributed by atoms with E-state index in [1.54, 1.807) is 0 Å². The van der Waals surface area contributed by atoms with Gasteiger partial charge in [-0.05, 0) is 5.56 Å². The molecule has 2 rings (SSSR count). The fraction of sp³-hybridized carbons (Fsp3) is 0.364. The molecule has 1 aromatic rings. The van der Waals surface area contributed by atoms with Crippen molar-refractivity contribution >= 4 is 5.84 Å². The average molecular weight is 190 g/mol. The molecule has 1 aromatic carbocycles. The van der Waals surface area contributed by atoms with Gasteiger partial charge in [-0.25, -0.2) is 0 Å². The standard InChI is InChI=1S/C11H14N2O/c1-13-7-6-12-11(13)10-5-3-2-4-9(10)8-14/h2-5,14H,6-8H2,1H3. The molecule has 1 aliphatic rings. The Kier molecular flexibility index (Phi) is 2.50. The SMILES string of the molecule is CN1CCN=C1c1ccccc1CO. The molecule has 3 heteroatoms. The molecule has 0 spiro atoms. The molecule has 0 saturated carbocycles. The summed E-state index contributed by atoms with van der Waals surface area (Å²) in [6, 6.07) is 7.85. The highest BCUT2D eigenvalue weighted by atomic mass is 16.3. The fourth-order valence-corrected chi connectivity index (χ4v) is 1.70. The van der Waals surface area contributed by atoms with Crippen LogP contribution in [0.5, 0.6) is 0 Å². The number of aliphatic imine (C=N–C) groups is 1. The van der Waals surface area contributed by atoms with E-state index in [-0.39, 0.29) is 6.61 Å². The molecule has 0 bridgehead atoms. The lowest BCUT2D eigenvalue weighted by atomic mass is 10.1. The summed E-state index contributed by atoms with van der Waals surface area (Å²) in [6.45, 7) is 1.89. The topological polar surface area (TPSA) is 35.8 Å². The van der Waals surface area contributed by atoms with E-state index in [0.717, 1.165) is 30.1 Å². The zero-order chi connectivity index (χ0) is 9.97. The summed E-state index contributed by atoms with van der Waals surface area (Å²) in [5.41, 5.74) is 2.00. The molecule has 0 atom stereocenters. The lowest BCUT2D eigenvalue weighted by Gasteiger charge is -2.15. The van der Waals surface area contributed by atoms with Crippen molar-refractivity contribution in [1.29, 1.82) is 0 Å². The van der Waals surface area contributed by atoms with Gasteiger partial charge in [0, 0.05) is 19.2 Å². The number of aliphatic hydroxyl groups is 1. The van der Waals surface area contributed by atoms with E-state index in [2.05, 4.69) is 9.89 Å². The van der Waals surface area contributed by atoms with E-state index in [1.807, 2.05) is 31.3 Å². The second kappa shape index (κ2) is 3.80. The molecule has 0 aromatic heterocycles. The largest absolute Gasteiger partial charge is 0.392 e. The van der Waals surface area contributed by atoms with E-state index >= 15 is 0 Å². The number of benzene rings is 1. The van der Waals surface area contributed by atoms with Gasteiger partial charge in [-0.2, -0.15) is 0 Å². The Labute approximate surface area is 83.7 Å². The maximum atomic E-state index is 9.19. The predicted molar refractivity (Wildman–Crippen MR) is 56.4 cm³/mol. The Hall–Kier alpha value is -1.35. The van der Waals surface area contributed by atoms with Crippen LogP contribution in [0.15, 0.2) is 29.3 Å². The van der Waals surface area contributed by atoms with Crippen LogP contribution in [-0.4, -0.2) is 36.0 Å². The van der Waals surface area contributed by atoms with Crippen LogP contribution in [0, 0.1) is 0 Å². The first-order chi connectivity index (χ1) is 6.83. The molecule has 0 fully saturated rings. The minimum absolute atomic E-state index is 0.0725. The zero-order valence-electron chi connectivity index (χ0n) is 8.27. The highest BCUT2D eigenvalue weighted by Gasteiger charge is 2.16. The number of aliphatic hydroxyl groups excluding tert-OH is 1. The molecular weight excluding hydrogens is 176 g/mol. The summed E-state index contributed by atoms with van der Waals surface area (Å²) < 4.78 is 0. The third-order valence-electron chi connectivity index (χ3n) is 2.49. The summed E-state index contributed by atoms with van der Waals surface area (Å²) >= 11 is 0.